The number of nitrogens with one attached hydrogen (secondary N) is 1. The van der Waals surface area contributed by atoms with E-state index in [1.807, 2.05) is 4.90 Å². The maximum Gasteiger partial charge on any atom is 0.310 e. The third-order valence-electron chi connectivity index (χ3n) is 3.83. The minimum atomic E-state index is -0.770. The monoisotopic (exact) mass is 310 g/mol. The SMILES string of the molecule is CC1(C(=O)O)CCN(CCC(=O)Nc2cccc(Cl)c2)C1. The molecule has 1 unspecified atom stereocenters. The molecule has 1 heterocycles. The van der Waals surface area contributed by atoms with Gasteiger partial charge in [-0.1, -0.05) is 17.7 Å². The Hall–Kier alpha value is -1.59. The molecule has 2 N–H and O–H groups in total. The van der Waals surface area contributed by atoms with Crippen LogP contribution in [0.5, 0.6) is 0 Å². The van der Waals surface area contributed by atoms with Crippen molar-refractivity contribution in [3.05, 3.63) is 29.3 Å². The standard InChI is InChI=1S/C15H19ClN2O3/c1-15(14(20)21)6-8-18(10-15)7-5-13(19)17-12-4-2-3-11(16)9-12/h2-4,9H,5-8,10H2,1H3,(H,17,19)(H,20,21). The number of anilines is 1. The van der Waals surface area contributed by atoms with Gasteiger partial charge in [-0.05, 0) is 38.1 Å². The summed E-state index contributed by atoms with van der Waals surface area (Å²) in [7, 11) is 0. The van der Waals surface area contributed by atoms with E-state index in [-0.39, 0.29) is 5.91 Å². The number of hydrogen-bond acceptors (Lipinski definition) is 3. The molecule has 5 nitrogen and oxygen atoms in total. The highest BCUT2D eigenvalue weighted by Gasteiger charge is 2.40. The second kappa shape index (κ2) is 6.45. The Labute approximate surface area is 128 Å². The summed E-state index contributed by atoms with van der Waals surface area (Å²) in [6.07, 6.45) is 0.959. The second-order valence-corrected chi connectivity index (χ2v) is 6.14. The summed E-state index contributed by atoms with van der Waals surface area (Å²) in [5, 5.41) is 12.5. The molecule has 1 saturated heterocycles. The van der Waals surface area contributed by atoms with Crippen molar-refractivity contribution in [2.24, 2.45) is 5.41 Å². The first-order valence-corrected chi connectivity index (χ1v) is 7.28. The molecule has 0 radical (unpaired) electrons. The molecule has 0 spiro atoms. The zero-order valence-electron chi connectivity index (χ0n) is 11.9. The molecule has 21 heavy (non-hydrogen) atoms. The number of aliphatic carboxylic acids is 1. The summed E-state index contributed by atoms with van der Waals surface area (Å²) in [5.41, 5.74) is -0.0204. The van der Waals surface area contributed by atoms with Gasteiger partial charge in [0.1, 0.15) is 0 Å². The van der Waals surface area contributed by atoms with Gasteiger partial charge in [-0.3, -0.25) is 9.59 Å². The molecule has 6 heteroatoms. The van der Waals surface area contributed by atoms with Crippen LogP contribution in [0.2, 0.25) is 5.02 Å². The molecular weight excluding hydrogens is 292 g/mol. The molecule has 1 fully saturated rings. The molecular formula is C15H19ClN2O3. The minimum absolute atomic E-state index is 0.0961. The van der Waals surface area contributed by atoms with Crippen molar-refractivity contribution >= 4 is 29.2 Å². The number of carbonyl (C=O) groups is 2. The number of benzene rings is 1. The van der Waals surface area contributed by atoms with Gasteiger partial charge >= 0.3 is 5.97 Å². The lowest BCUT2D eigenvalue weighted by Gasteiger charge is -2.19. The van der Waals surface area contributed by atoms with Crippen LogP contribution in [0.1, 0.15) is 19.8 Å². The van der Waals surface area contributed by atoms with Crippen LogP contribution in [0.25, 0.3) is 0 Å². The van der Waals surface area contributed by atoms with E-state index in [0.29, 0.717) is 43.2 Å². The highest BCUT2D eigenvalue weighted by Crippen LogP contribution is 2.30. The van der Waals surface area contributed by atoms with E-state index in [2.05, 4.69) is 5.32 Å². The molecule has 0 aliphatic carbocycles. The van der Waals surface area contributed by atoms with Crippen LogP contribution < -0.4 is 5.32 Å². The number of carbonyl (C=O) groups excluding carboxylic acids is 1. The van der Waals surface area contributed by atoms with E-state index < -0.39 is 11.4 Å². The van der Waals surface area contributed by atoms with Gasteiger partial charge in [0.2, 0.25) is 5.91 Å². The lowest BCUT2D eigenvalue weighted by Crippen LogP contribution is -2.33. The number of halogens is 1. The van der Waals surface area contributed by atoms with Crippen molar-refractivity contribution in [1.82, 2.24) is 4.90 Å². The van der Waals surface area contributed by atoms with Crippen molar-refractivity contribution < 1.29 is 14.7 Å². The van der Waals surface area contributed by atoms with Crippen molar-refractivity contribution in [1.29, 1.82) is 0 Å². The smallest absolute Gasteiger partial charge is 0.310 e. The van der Waals surface area contributed by atoms with Crippen molar-refractivity contribution in [3.63, 3.8) is 0 Å². The quantitative estimate of drug-likeness (QED) is 0.876. The molecule has 114 valence electrons. The summed E-state index contributed by atoms with van der Waals surface area (Å²) in [4.78, 5) is 25.1. The number of hydrogen-bond donors (Lipinski definition) is 2. The molecule has 1 amide bonds. The first-order valence-electron chi connectivity index (χ1n) is 6.90. The van der Waals surface area contributed by atoms with Crippen LogP contribution in [-0.2, 0) is 9.59 Å². The summed E-state index contributed by atoms with van der Waals surface area (Å²) >= 11 is 5.85. The largest absolute Gasteiger partial charge is 0.481 e. The normalized spacial score (nSPS) is 22.2. The van der Waals surface area contributed by atoms with E-state index in [4.69, 9.17) is 11.6 Å². The number of rotatable bonds is 5. The third kappa shape index (κ3) is 4.19. The maximum atomic E-state index is 11.9. The Kier molecular flexibility index (Phi) is 4.85. The minimum Gasteiger partial charge on any atom is -0.481 e. The topological polar surface area (TPSA) is 69.6 Å². The zero-order valence-corrected chi connectivity index (χ0v) is 12.7. The summed E-state index contributed by atoms with van der Waals surface area (Å²) in [6, 6.07) is 6.99. The zero-order chi connectivity index (χ0) is 15.5. The molecule has 2 rings (SSSR count). The van der Waals surface area contributed by atoms with Gasteiger partial charge in [-0.2, -0.15) is 0 Å². The van der Waals surface area contributed by atoms with Crippen LogP contribution in [0.3, 0.4) is 0 Å². The Morgan fingerprint density at radius 3 is 2.86 bits per heavy atom. The van der Waals surface area contributed by atoms with Crippen LogP contribution in [0.15, 0.2) is 24.3 Å². The molecule has 0 aromatic heterocycles. The van der Waals surface area contributed by atoms with E-state index >= 15 is 0 Å². The van der Waals surface area contributed by atoms with E-state index in [9.17, 15) is 14.7 Å². The fourth-order valence-electron chi connectivity index (χ4n) is 2.47. The van der Waals surface area contributed by atoms with E-state index in [1.54, 1.807) is 31.2 Å². The number of amides is 1. The Morgan fingerprint density at radius 1 is 1.48 bits per heavy atom. The first kappa shape index (κ1) is 15.8. The highest BCUT2D eigenvalue weighted by molar-refractivity contribution is 6.30. The molecule has 1 aliphatic rings. The fraction of sp³-hybridized carbons (Fsp3) is 0.467. The summed E-state index contributed by atoms with van der Waals surface area (Å²) in [6.45, 7) is 3.52. The van der Waals surface area contributed by atoms with Gasteiger partial charge in [0, 0.05) is 30.2 Å². The van der Waals surface area contributed by atoms with Crippen LogP contribution >= 0.6 is 11.6 Å². The van der Waals surface area contributed by atoms with Gasteiger partial charge in [-0.15, -0.1) is 0 Å². The average molecular weight is 311 g/mol. The van der Waals surface area contributed by atoms with Gasteiger partial charge in [0.05, 0.1) is 5.41 Å². The highest BCUT2D eigenvalue weighted by atomic mass is 35.5. The second-order valence-electron chi connectivity index (χ2n) is 5.70. The van der Waals surface area contributed by atoms with Crippen LogP contribution in [0, 0.1) is 5.41 Å². The molecule has 1 aliphatic heterocycles. The van der Waals surface area contributed by atoms with Crippen molar-refractivity contribution in [3.8, 4) is 0 Å². The van der Waals surface area contributed by atoms with Crippen molar-refractivity contribution in [2.45, 2.75) is 19.8 Å². The first-order chi connectivity index (χ1) is 9.89. The van der Waals surface area contributed by atoms with Gasteiger partial charge in [0.25, 0.3) is 0 Å². The van der Waals surface area contributed by atoms with Gasteiger partial charge in [0.15, 0.2) is 0 Å². The predicted molar refractivity (Wildman–Crippen MR) is 81.5 cm³/mol. The molecule has 0 saturated carbocycles. The number of carboxylic acids is 1. The molecule has 0 bridgehead atoms. The number of nitrogens with zero attached hydrogens (tertiary/aromatic N) is 1. The maximum absolute atomic E-state index is 11.9. The van der Waals surface area contributed by atoms with E-state index in [0.717, 1.165) is 0 Å². The lowest BCUT2D eigenvalue weighted by atomic mass is 9.90. The summed E-state index contributed by atoms with van der Waals surface area (Å²) in [5.74, 6) is -0.866. The van der Waals surface area contributed by atoms with Gasteiger partial charge < -0.3 is 15.3 Å². The average Bonchev–Trinajstić information content (AvgIpc) is 2.80. The number of likely N-dealkylation sites (tertiary alicyclic amines) is 1. The molecule has 1 atom stereocenters. The van der Waals surface area contributed by atoms with E-state index in [1.165, 1.54) is 0 Å². The third-order valence-corrected chi connectivity index (χ3v) is 4.07. The fourth-order valence-corrected chi connectivity index (χ4v) is 2.66. The Bertz CT molecular complexity index is 549. The Balaban J connectivity index is 1.79. The van der Waals surface area contributed by atoms with Gasteiger partial charge in [-0.25, -0.2) is 0 Å². The molecule has 1 aromatic carbocycles. The van der Waals surface area contributed by atoms with Crippen LogP contribution in [-0.4, -0.2) is 41.5 Å². The number of carboxylic acid groups (broad SMARTS) is 1. The Morgan fingerprint density at radius 2 is 2.24 bits per heavy atom. The predicted octanol–water partition coefficient (Wildman–Crippen LogP) is 2.47. The van der Waals surface area contributed by atoms with Crippen molar-refractivity contribution in [2.75, 3.05) is 25.0 Å². The van der Waals surface area contributed by atoms with Crippen LogP contribution in [0.4, 0.5) is 5.69 Å². The summed E-state index contributed by atoms with van der Waals surface area (Å²) < 4.78 is 0. The lowest BCUT2D eigenvalue weighted by molar-refractivity contribution is -0.147. The molecule has 1 aromatic rings.